The molecule has 1 heterocycles. The minimum atomic E-state index is -0.431. The normalized spacial score (nSPS) is 10.5. The minimum absolute atomic E-state index is 0.300. The summed E-state index contributed by atoms with van der Waals surface area (Å²) in [5, 5.41) is 4.46. The van der Waals surface area contributed by atoms with Crippen molar-refractivity contribution in [3.63, 3.8) is 0 Å². The van der Waals surface area contributed by atoms with Gasteiger partial charge in [0.25, 0.3) is 0 Å². The number of esters is 1. The van der Waals surface area contributed by atoms with Gasteiger partial charge in [0, 0.05) is 17.8 Å². The van der Waals surface area contributed by atoms with Gasteiger partial charge in [-0.1, -0.05) is 35.9 Å². The van der Waals surface area contributed by atoms with Crippen LogP contribution in [-0.2, 0) is 4.74 Å². The first-order valence-electron chi connectivity index (χ1n) is 8.10. The Balaban J connectivity index is 2.10. The van der Waals surface area contributed by atoms with Crippen molar-refractivity contribution in [2.45, 2.75) is 13.8 Å². The zero-order valence-corrected chi connectivity index (χ0v) is 14.5. The Hall–Kier alpha value is -3.08. The van der Waals surface area contributed by atoms with Crippen LogP contribution in [0.1, 0.15) is 23.0 Å². The number of rotatable bonds is 5. The van der Waals surface area contributed by atoms with E-state index in [2.05, 4.69) is 5.10 Å². The second kappa shape index (κ2) is 7.21. The molecule has 0 aliphatic carbocycles. The van der Waals surface area contributed by atoms with E-state index in [0.717, 1.165) is 28.1 Å². The Kier molecular flexibility index (Phi) is 4.84. The maximum atomic E-state index is 12.4. The van der Waals surface area contributed by atoms with E-state index in [-0.39, 0.29) is 0 Å². The molecule has 0 amide bonds. The summed E-state index contributed by atoms with van der Waals surface area (Å²) in [5.41, 5.74) is 3.92. The van der Waals surface area contributed by atoms with Crippen LogP contribution in [0.4, 0.5) is 0 Å². The summed E-state index contributed by atoms with van der Waals surface area (Å²) in [4.78, 5) is 12.4. The molecular formula is C20H20N2O3. The van der Waals surface area contributed by atoms with Crippen LogP contribution in [0, 0.1) is 6.92 Å². The van der Waals surface area contributed by atoms with Gasteiger partial charge in [0.1, 0.15) is 5.75 Å². The van der Waals surface area contributed by atoms with E-state index in [1.54, 1.807) is 18.7 Å². The largest absolute Gasteiger partial charge is 0.497 e. The van der Waals surface area contributed by atoms with E-state index in [1.807, 2.05) is 61.7 Å². The lowest BCUT2D eigenvalue weighted by molar-refractivity contribution is 0.0520. The van der Waals surface area contributed by atoms with Crippen LogP contribution >= 0.6 is 0 Å². The molecule has 25 heavy (non-hydrogen) atoms. The van der Waals surface area contributed by atoms with E-state index >= 15 is 0 Å². The number of aryl methyl sites for hydroxylation is 1. The van der Waals surface area contributed by atoms with Crippen molar-refractivity contribution in [1.82, 2.24) is 9.78 Å². The Labute approximate surface area is 146 Å². The Morgan fingerprint density at radius 1 is 1.16 bits per heavy atom. The zero-order valence-electron chi connectivity index (χ0n) is 14.5. The number of hydrogen-bond acceptors (Lipinski definition) is 4. The van der Waals surface area contributed by atoms with Crippen LogP contribution in [0.25, 0.3) is 16.8 Å². The number of benzene rings is 2. The second-order valence-electron chi connectivity index (χ2n) is 5.62. The highest BCUT2D eigenvalue weighted by molar-refractivity contribution is 5.95. The van der Waals surface area contributed by atoms with Crippen LogP contribution in [-0.4, -0.2) is 29.5 Å². The Morgan fingerprint density at radius 3 is 2.60 bits per heavy atom. The lowest BCUT2D eigenvalue weighted by atomic mass is 10.0. The van der Waals surface area contributed by atoms with Gasteiger partial charge in [0.2, 0.25) is 0 Å². The molecule has 0 aliphatic rings. The first kappa shape index (κ1) is 16.8. The van der Waals surface area contributed by atoms with Crippen LogP contribution in [0.3, 0.4) is 0 Å². The number of hydrogen-bond donors (Lipinski definition) is 0. The van der Waals surface area contributed by atoms with Gasteiger partial charge in [0.15, 0.2) is 5.69 Å². The standard InChI is InChI=1S/C20H20N2O3/c1-4-25-20(23)19-18(15-10-8-14(2)9-11-15)13-22(21-19)16-6-5-7-17(12-16)24-3/h5-13H,4H2,1-3H3. The van der Waals surface area contributed by atoms with E-state index in [9.17, 15) is 4.79 Å². The van der Waals surface area contributed by atoms with E-state index in [1.165, 1.54) is 0 Å². The van der Waals surface area contributed by atoms with E-state index in [0.29, 0.717) is 12.3 Å². The third kappa shape index (κ3) is 3.55. The highest BCUT2D eigenvalue weighted by Gasteiger charge is 2.20. The molecule has 0 aliphatic heterocycles. The maximum absolute atomic E-state index is 12.4. The van der Waals surface area contributed by atoms with Gasteiger partial charge in [-0.05, 0) is 31.5 Å². The summed E-state index contributed by atoms with van der Waals surface area (Å²) in [6, 6.07) is 15.5. The van der Waals surface area contributed by atoms with Gasteiger partial charge in [-0.3, -0.25) is 0 Å². The third-order valence-electron chi connectivity index (χ3n) is 3.86. The molecule has 3 rings (SSSR count). The molecule has 0 atom stereocenters. The van der Waals surface area contributed by atoms with Gasteiger partial charge in [-0.25, -0.2) is 9.48 Å². The molecular weight excluding hydrogens is 316 g/mol. The smallest absolute Gasteiger partial charge is 0.359 e. The summed E-state index contributed by atoms with van der Waals surface area (Å²) in [5.74, 6) is 0.294. The average molecular weight is 336 g/mol. The molecule has 1 aromatic heterocycles. The number of carbonyl (C=O) groups is 1. The monoisotopic (exact) mass is 336 g/mol. The first-order chi connectivity index (χ1) is 12.1. The minimum Gasteiger partial charge on any atom is -0.497 e. The quantitative estimate of drug-likeness (QED) is 0.660. The SMILES string of the molecule is CCOC(=O)c1nn(-c2cccc(OC)c2)cc1-c1ccc(C)cc1. The van der Waals surface area contributed by atoms with Crippen molar-refractivity contribution in [3.05, 3.63) is 66.0 Å². The van der Waals surface area contributed by atoms with Gasteiger partial charge < -0.3 is 9.47 Å². The molecule has 0 N–H and O–H groups in total. The van der Waals surface area contributed by atoms with E-state index < -0.39 is 5.97 Å². The summed E-state index contributed by atoms with van der Waals surface area (Å²) >= 11 is 0. The molecule has 5 heteroatoms. The van der Waals surface area contributed by atoms with Crippen molar-refractivity contribution in [1.29, 1.82) is 0 Å². The fraction of sp³-hybridized carbons (Fsp3) is 0.200. The van der Waals surface area contributed by atoms with Crippen LogP contribution in [0.5, 0.6) is 5.75 Å². The number of carbonyl (C=O) groups excluding carboxylic acids is 1. The molecule has 0 saturated heterocycles. The molecule has 2 aromatic carbocycles. The van der Waals surface area contributed by atoms with Crippen molar-refractivity contribution in [2.75, 3.05) is 13.7 Å². The number of ether oxygens (including phenoxy) is 2. The maximum Gasteiger partial charge on any atom is 0.359 e. The molecule has 3 aromatic rings. The molecule has 128 valence electrons. The Bertz CT molecular complexity index is 882. The fourth-order valence-electron chi connectivity index (χ4n) is 2.55. The lowest BCUT2D eigenvalue weighted by Crippen LogP contribution is -2.07. The summed E-state index contributed by atoms with van der Waals surface area (Å²) in [7, 11) is 1.62. The lowest BCUT2D eigenvalue weighted by Gasteiger charge is -2.04. The molecule has 0 radical (unpaired) electrons. The number of nitrogens with zero attached hydrogens (tertiary/aromatic N) is 2. The van der Waals surface area contributed by atoms with Crippen molar-refractivity contribution >= 4 is 5.97 Å². The molecule has 0 fully saturated rings. The van der Waals surface area contributed by atoms with E-state index in [4.69, 9.17) is 9.47 Å². The summed E-state index contributed by atoms with van der Waals surface area (Å²) < 4.78 is 12.1. The van der Waals surface area contributed by atoms with Crippen LogP contribution < -0.4 is 4.74 Å². The second-order valence-corrected chi connectivity index (χ2v) is 5.62. The fourth-order valence-corrected chi connectivity index (χ4v) is 2.55. The predicted octanol–water partition coefficient (Wildman–Crippen LogP) is 4.03. The topological polar surface area (TPSA) is 53.3 Å². The highest BCUT2D eigenvalue weighted by atomic mass is 16.5. The van der Waals surface area contributed by atoms with Gasteiger partial charge >= 0.3 is 5.97 Å². The van der Waals surface area contributed by atoms with Crippen molar-refractivity contribution < 1.29 is 14.3 Å². The zero-order chi connectivity index (χ0) is 17.8. The van der Waals surface area contributed by atoms with Gasteiger partial charge in [-0.15, -0.1) is 0 Å². The molecule has 0 bridgehead atoms. The molecule has 5 nitrogen and oxygen atoms in total. The Morgan fingerprint density at radius 2 is 1.92 bits per heavy atom. The molecule has 0 unspecified atom stereocenters. The summed E-state index contributed by atoms with van der Waals surface area (Å²) in [6.07, 6.45) is 1.84. The molecule has 0 saturated carbocycles. The van der Waals surface area contributed by atoms with Crippen molar-refractivity contribution in [2.24, 2.45) is 0 Å². The molecule has 0 spiro atoms. The third-order valence-corrected chi connectivity index (χ3v) is 3.86. The highest BCUT2D eigenvalue weighted by Crippen LogP contribution is 2.26. The number of methoxy groups -OCH3 is 1. The average Bonchev–Trinajstić information content (AvgIpc) is 3.08. The van der Waals surface area contributed by atoms with Gasteiger partial charge in [-0.2, -0.15) is 5.10 Å². The predicted molar refractivity (Wildman–Crippen MR) is 96.2 cm³/mol. The van der Waals surface area contributed by atoms with Crippen LogP contribution in [0.2, 0.25) is 0 Å². The number of aromatic nitrogens is 2. The van der Waals surface area contributed by atoms with Crippen LogP contribution in [0.15, 0.2) is 54.7 Å². The van der Waals surface area contributed by atoms with Gasteiger partial charge in [0.05, 0.1) is 19.4 Å². The van der Waals surface area contributed by atoms with Crippen molar-refractivity contribution in [3.8, 4) is 22.6 Å². The first-order valence-corrected chi connectivity index (χ1v) is 8.10. The summed E-state index contributed by atoms with van der Waals surface area (Å²) in [6.45, 7) is 4.11.